The van der Waals surface area contributed by atoms with Crippen molar-refractivity contribution in [3.8, 4) is 5.69 Å². The Morgan fingerprint density at radius 1 is 1.21 bits per heavy atom. The third-order valence-corrected chi connectivity index (χ3v) is 3.68. The van der Waals surface area contributed by atoms with Crippen molar-refractivity contribution in [2.24, 2.45) is 5.92 Å². The third-order valence-electron chi connectivity index (χ3n) is 3.68. The van der Waals surface area contributed by atoms with E-state index in [1.54, 1.807) is 11.0 Å². The van der Waals surface area contributed by atoms with Crippen LogP contribution in [-0.4, -0.2) is 41.7 Å². The number of nitrogens with one attached hydrogen (secondary N) is 1. The maximum atomic E-state index is 12.5. The van der Waals surface area contributed by atoms with E-state index in [0.717, 1.165) is 5.69 Å². The van der Waals surface area contributed by atoms with Crippen molar-refractivity contribution in [3.05, 3.63) is 54.9 Å². The maximum Gasteiger partial charge on any atom is 0.273 e. The minimum Gasteiger partial charge on any atom is -0.346 e. The van der Waals surface area contributed by atoms with Crippen molar-refractivity contribution in [3.63, 3.8) is 0 Å². The van der Waals surface area contributed by atoms with Crippen LogP contribution in [0.15, 0.2) is 49.2 Å². The first-order valence-electron chi connectivity index (χ1n) is 7.74. The lowest BCUT2D eigenvalue weighted by Crippen LogP contribution is -2.41. The predicted molar refractivity (Wildman–Crippen MR) is 87.5 cm³/mol. The van der Waals surface area contributed by atoms with E-state index in [0.29, 0.717) is 6.54 Å². The molecule has 0 spiro atoms. The van der Waals surface area contributed by atoms with Gasteiger partial charge in [-0.1, -0.05) is 32.0 Å². The summed E-state index contributed by atoms with van der Waals surface area (Å²) in [5.41, 5.74) is 1.09. The molecular formula is C16H19N7O. The van der Waals surface area contributed by atoms with Gasteiger partial charge in [-0.15, -0.1) is 5.10 Å². The number of amides is 1. The van der Waals surface area contributed by atoms with Crippen LogP contribution < -0.4 is 5.32 Å². The molecule has 2 aromatic heterocycles. The predicted octanol–water partition coefficient (Wildman–Crippen LogP) is 1.31. The molecule has 0 aliphatic carbocycles. The summed E-state index contributed by atoms with van der Waals surface area (Å²) in [6.45, 7) is 4.64. The van der Waals surface area contributed by atoms with Crippen LogP contribution in [0.2, 0.25) is 0 Å². The SMILES string of the molecule is CC(C)[C@@H](Cn1cncn1)NC(=O)c1cnn(-c2ccccc2)n1. The summed E-state index contributed by atoms with van der Waals surface area (Å²) in [6, 6.07) is 9.38. The second-order valence-corrected chi connectivity index (χ2v) is 5.80. The normalized spacial score (nSPS) is 12.3. The minimum absolute atomic E-state index is 0.0823. The van der Waals surface area contributed by atoms with Gasteiger partial charge in [0.2, 0.25) is 0 Å². The minimum atomic E-state index is -0.254. The van der Waals surface area contributed by atoms with E-state index in [2.05, 4.69) is 25.6 Å². The molecule has 8 heteroatoms. The van der Waals surface area contributed by atoms with Gasteiger partial charge in [0.1, 0.15) is 12.7 Å². The fourth-order valence-electron chi connectivity index (χ4n) is 2.25. The molecule has 0 radical (unpaired) electrons. The first-order valence-corrected chi connectivity index (χ1v) is 7.74. The van der Waals surface area contributed by atoms with Gasteiger partial charge in [0.15, 0.2) is 5.69 Å². The van der Waals surface area contributed by atoms with E-state index >= 15 is 0 Å². The molecule has 24 heavy (non-hydrogen) atoms. The van der Waals surface area contributed by atoms with Crippen LogP contribution in [0, 0.1) is 5.92 Å². The van der Waals surface area contributed by atoms with Crippen molar-refractivity contribution in [2.45, 2.75) is 26.4 Å². The molecule has 0 bridgehead atoms. The smallest absolute Gasteiger partial charge is 0.273 e. The summed E-state index contributed by atoms with van der Waals surface area (Å²) in [7, 11) is 0. The molecule has 0 aliphatic rings. The Morgan fingerprint density at radius 2 is 2.00 bits per heavy atom. The number of carbonyl (C=O) groups excluding carboxylic acids is 1. The van der Waals surface area contributed by atoms with Crippen LogP contribution in [0.1, 0.15) is 24.3 Å². The molecule has 2 heterocycles. The summed E-state index contributed by atoms with van der Waals surface area (Å²) in [5, 5.41) is 15.5. The number of nitrogens with zero attached hydrogens (tertiary/aromatic N) is 6. The van der Waals surface area contributed by atoms with Gasteiger partial charge >= 0.3 is 0 Å². The Labute approximate surface area is 139 Å². The molecule has 1 atom stereocenters. The quantitative estimate of drug-likeness (QED) is 0.738. The average Bonchev–Trinajstić information content (AvgIpc) is 3.26. The average molecular weight is 325 g/mol. The zero-order valence-electron chi connectivity index (χ0n) is 13.6. The number of hydrogen-bond acceptors (Lipinski definition) is 5. The number of benzene rings is 1. The van der Waals surface area contributed by atoms with Crippen molar-refractivity contribution in [1.29, 1.82) is 0 Å². The maximum absolute atomic E-state index is 12.5. The summed E-state index contributed by atoms with van der Waals surface area (Å²) >= 11 is 0. The molecule has 0 saturated carbocycles. The van der Waals surface area contributed by atoms with Crippen molar-refractivity contribution in [2.75, 3.05) is 0 Å². The third kappa shape index (κ3) is 3.65. The summed E-state index contributed by atoms with van der Waals surface area (Å²) in [4.78, 5) is 17.8. The van der Waals surface area contributed by atoms with E-state index in [1.165, 1.54) is 17.3 Å². The number of hydrogen-bond donors (Lipinski definition) is 1. The van der Waals surface area contributed by atoms with Gasteiger partial charge < -0.3 is 5.32 Å². The van der Waals surface area contributed by atoms with Gasteiger partial charge in [-0.3, -0.25) is 9.48 Å². The number of para-hydroxylation sites is 1. The number of aromatic nitrogens is 6. The fourth-order valence-corrected chi connectivity index (χ4v) is 2.25. The van der Waals surface area contributed by atoms with E-state index in [1.807, 2.05) is 44.2 Å². The van der Waals surface area contributed by atoms with Crippen LogP contribution in [0.3, 0.4) is 0 Å². The largest absolute Gasteiger partial charge is 0.346 e. The highest BCUT2D eigenvalue weighted by Crippen LogP contribution is 2.07. The van der Waals surface area contributed by atoms with Gasteiger partial charge in [0, 0.05) is 0 Å². The molecule has 8 nitrogen and oxygen atoms in total. The lowest BCUT2D eigenvalue weighted by atomic mass is 10.0. The number of rotatable bonds is 6. The first-order chi connectivity index (χ1) is 11.6. The van der Waals surface area contributed by atoms with Gasteiger partial charge in [0.25, 0.3) is 5.91 Å². The monoisotopic (exact) mass is 325 g/mol. The zero-order chi connectivity index (χ0) is 16.9. The standard InChI is InChI=1S/C16H19N7O/c1-12(2)15(9-22-11-17-10-19-22)20-16(24)14-8-18-23(21-14)13-6-4-3-5-7-13/h3-8,10-12,15H,9H2,1-2H3,(H,20,24)/t15-/m1/s1. The molecule has 0 aliphatic heterocycles. The highest BCUT2D eigenvalue weighted by Gasteiger charge is 2.20. The number of carbonyl (C=O) groups is 1. The van der Waals surface area contributed by atoms with Crippen LogP contribution >= 0.6 is 0 Å². The van der Waals surface area contributed by atoms with Crippen LogP contribution in [0.25, 0.3) is 5.69 Å². The highest BCUT2D eigenvalue weighted by molar-refractivity contribution is 5.92. The van der Waals surface area contributed by atoms with Gasteiger partial charge in [-0.05, 0) is 18.1 Å². The molecule has 1 aromatic carbocycles. The zero-order valence-corrected chi connectivity index (χ0v) is 13.6. The second kappa shape index (κ2) is 7.03. The van der Waals surface area contributed by atoms with Crippen LogP contribution in [-0.2, 0) is 6.54 Å². The lowest BCUT2D eigenvalue weighted by Gasteiger charge is -2.21. The van der Waals surface area contributed by atoms with Crippen molar-refractivity contribution in [1.82, 2.24) is 35.1 Å². The van der Waals surface area contributed by atoms with E-state index < -0.39 is 0 Å². The van der Waals surface area contributed by atoms with Gasteiger partial charge in [0.05, 0.1) is 24.5 Å². The first kappa shape index (κ1) is 15.9. The molecule has 3 aromatic rings. The Morgan fingerprint density at radius 3 is 2.67 bits per heavy atom. The van der Waals surface area contributed by atoms with Crippen molar-refractivity contribution >= 4 is 5.91 Å². The molecule has 124 valence electrons. The molecule has 1 amide bonds. The Balaban J connectivity index is 1.70. The van der Waals surface area contributed by atoms with Gasteiger partial charge in [-0.2, -0.15) is 15.0 Å². The molecule has 0 saturated heterocycles. The summed E-state index contributed by atoms with van der Waals surface area (Å²) < 4.78 is 1.70. The van der Waals surface area contributed by atoms with E-state index in [9.17, 15) is 4.79 Å². The topological polar surface area (TPSA) is 90.5 Å². The Bertz CT molecular complexity index is 780. The molecule has 0 fully saturated rings. The van der Waals surface area contributed by atoms with Crippen LogP contribution in [0.5, 0.6) is 0 Å². The molecule has 0 unspecified atom stereocenters. The highest BCUT2D eigenvalue weighted by atomic mass is 16.2. The van der Waals surface area contributed by atoms with E-state index in [4.69, 9.17) is 0 Å². The van der Waals surface area contributed by atoms with E-state index in [-0.39, 0.29) is 23.6 Å². The Kier molecular flexibility index (Phi) is 4.64. The molecule has 3 rings (SSSR count). The van der Waals surface area contributed by atoms with Crippen LogP contribution in [0.4, 0.5) is 0 Å². The summed E-state index contributed by atoms with van der Waals surface area (Å²) in [5.74, 6) is -0.0154. The molecule has 1 N–H and O–H groups in total. The molecular weight excluding hydrogens is 306 g/mol. The second-order valence-electron chi connectivity index (χ2n) is 5.80. The fraction of sp³-hybridized carbons (Fsp3) is 0.312. The summed E-state index contributed by atoms with van der Waals surface area (Å²) in [6.07, 6.45) is 4.58. The van der Waals surface area contributed by atoms with Gasteiger partial charge in [-0.25, -0.2) is 4.98 Å². The lowest BCUT2D eigenvalue weighted by molar-refractivity contribution is 0.0914. The Hall–Kier alpha value is -3.03. The van der Waals surface area contributed by atoms with Crippen molar-refractivity contribution < 1.29 is 4.79 Å².